The second kappa shape index (κ2) is 4.13. The highest BCUT2D eigenvalue weighted by atomic mass is 16.5. The van der Waals surface area contributed by atoms with Gasteiger partial charge in [-0.15, -0.1) is 0 Å². The Kier molecular flexibility index (Phi) is 2.67. The fourth-order valence-electron chi connectivity index (χ4n) is 1.20. The van der Waals surface area contributed by atoms with E-state index in [0.29, 0.717) is 18.1 Å². The quantitative estimate of drug-likeness (QED) is 0.812. The summed E-state index contributed by atoms with van der Waals surface area (Å²) in [7, 11) is 0. The molecule has 0 spiro atoms. The minimum Gasteiger partial charge on any atom is -0.476 e. The summed E-state index contributed by atoms with van der Waals surface area (Å²) in [5.41, 5.74) is -0.00442. The lowest BCUT2D eigenvalue weighted by molar-refractivity contribution is 0.0689. The molecule has 0 atom stereocenters. The van der Waals surface area contributed by atoms with Crippen LogP contribution < -0.4 is 0 Å². The van der Waals surface area contributed by atoms with E-state index >= 15 is 0 Å². The van der Waals surface area contributed by atoms with Gasteiger partial charge in [-0.2, -0.15) is 10.1 Å². The van der Waals surface area contributed by atoms with Crippen LogP contribution in [-0.2, 0) is 13.0 Å². The van der Waals surface area contributed by atoms with Gasteiger partial charge in [0.25, 0.3) is 0 Å². The molecule has 0 bridgehead atoms. The van der Waals surface area contributed by atoms with Crippen LogP contribution in [0.4, 0.5) is 0 Å². The van der Waals surface area contributed by atoms with Crippen molar-refractivity contribution in [3.8, 4) is 0 Å². The smallest absolute Gasteiger partial charge is 0.356 e. The average Bonchev–Trinajstić information content (AvgIpc) is 2.87. The van der Waals surface area contributed by atoms with Gasteiger partial charge in [0, 0.05) is 12.6 Å². The van der Waals surface area contributed by atoms with Crippen LogP contribution in [0.5, 0.6) is 0 Å². The van der Waals surface area contributed by atoms with Crippen LogP contribution in [0.3, 0.4) is 0 Å². The number of carboxylic acids is 1. The summed E-state index contributed by atoms with van der Waals surface area (Å²) in [6.45, 7) is 2.20. The third-order valence-electron chi connectivity index (χ3n) is 1.98. The van der Waals surface area contributed by atoms with Crippen molar-refractivity contribution in [3.05, 3.63) is 29.7 Å². The van der Waals surface area contributed by atoms with Gasteiger partial charge in [0.05, 0.1) is 0 Å². The second-order valence-corrected chi connectivity index (χ2v) is 3.16. The lowest BCUT2D eigenvalue weighted by Gasteiger charge is -1.93. The van der Waals surface area contributed by atoms with Crippen LogP contribution in [0.15, 0.2) is 16.8 Å². The molecule has 0 amide bonds. The Morgan fingerprint density at radius 3 is 3.00 bits per heavy atom. The molecule has 1 N–H and O–H groups in total. The van der Waals surface area contributed by atoms with E-state index in [4.69, 9.17) is 9.63 Å². The fourth-order valence-corrected chi connectivity index (χ4v) is 1.20. The highest BCUT2D eigenvalue weighted by molar-refractivity contribution is 5.84. The summed E-state index contributed by atoms with van der Waals surface area (Å²) in [6.07, 6.45) is 2.25. The van der Waals surface area contributed by atoms with Crippen LogP contribution in [0, 0.1) is 0 Å². The molecule has 0 aliphatic heterocycles. The van der Waals surface area contributed by atoms with E-state index in [0.717, 1.165) is 0 Å². The molecule has 7 nitrogen and oxygen atoms in total. The predicted molar refractivity (Wildman–Crippen MR) is 52.0 cm³/mol. The minimum absolute atomic E-state index is 0.00442. The maximum absolute atomic E-state index is 10.6. The molecule has 0 radical (unpaired) electrons. The SMILES string of the molecule is CCc1noc(Cn2ccc(C(=O)O)n2)n1. The van der Waals surface area contributed by atoms with E-state index in [-0.39, 0.29) is 12.2 Å². The summed E-state index contributed by atoms with van der Waals surface area (Å²) >= 11 is 0. The van der Waals surface area contributed by atoms with Crippen molar-refractivity contribution in [2.24, 2.45) is 0 Å². The van der Waals surface area contributed by atoms with Crippen molar-refractivity contribution >= 4 is 5.97 Å². The number of hydrogen-bond acceptors (Lipinski definition) is 5. The Hall–Kier alpha value is -2.18. The molecule has 0 fully saturated rings. The number of aromatic nitrogens is 4. The van der Waals surface area contributed by atoms with Crippen molar-refractivity contribution in [3.63, 3.8) is 0 Å². The zero-order chi connectivity index (χ0) is 11.5. The van der Waals surface area contributed by atoms with Gasteiger partial charge in [0.2, 0.25) is 5.89 Å². The van der Waals surface area contributed by atoms with Gasteiger partial charge >= 0.3 is 5.97 Å². The fraction of sp³-hybridized carbons (Fsp3) is 0.333. The maximum atomic E-state index is 10.6. The lowest BCUT2D eigenvalue weighted by atomic mass is 10.4. The first-order valence-electron chi connectivity index (χ1n) is 4.77. The Morgan fingerprint density at radius 1 is 1.62 bits per heavy atom. The number of rotatable bonds is 4. The molecule has 0 aliphatic rings. The molecule has 7 heteroatoms. The van der Waals surface area contributed by atoms with Gasteiger partial charge in [-0.3, -0.25) is 4.68 Å². The number of aryl methyl sites for hydroxylation is 1. The monoisotopic (exact) mass is 222 g/mol. The molecule has 0 aromatic carbocycles. The summed E-state index contributed by atoms with van der Waals surface area (Å²) in [5, 5.41) is 16.2. The lowest BCUT2D eigenvalue weighted by Crippen LogP contribution is -2.04. The molecule has 0 saturated carbocycles. The molecule has 84 valence electrons. The van der Waals surface area contributed by atoms with E-state index < -0.39 is 5.97 Å². The normalized spacial score (nSPS) is 10.6. The van der Waals surface area contributed by atoms with E-state index in [2.05, 4.69) is 15.2 Å². The van der Waals surface area contributed by atoms with Crippen LogP contribution in [0.2, 0.25) is 0 Å². The van der Waals surface area contributed by atoms with Crippen LogP contribution in [0.25, 0.3) is 0 Å². The Labute approximate surface area is 90.7 Å². The van der Waals surface area contributed by atoms with Crippen LogP contribution >= 0.6 is 0 Å². The molecule has 2 aromatic rings. The summed E-state index contributed by atoms with van der Waals surface area (Å²) in [4.78, 5) is 14.7. The topological polar surface area (TPSA) is 94.0 Å². The molecular weight excluding hydrogens is 212 g/mol. The van der Waals surface area contributed by atoms with E-state index in [1.807, 2.05) is 6.92 Å². The largest absolute Gasteiger partial charge is 0.476 e. The first-order chi connectivity index (χ1) is 7.69. The van der Waals surface area contributed by atoms with Gasteiger partial charge in [0.15, 0.2) is 11.5 Å². The number of hydrogen-bond donors (Lipinski definition) is 1. The molecule has 2 aromatic heterocycles. The van der Waals surface area contributed by atoms with Crippen LogP contribution in [-0.4, -0.2) is 31.0 Å². The second-order valence-electron chi connectivity index (χ2n) is 3.16. The Balaban J connectivity index is 2.11. The number of carbonyl (C=O) groups is 1. The van der Waals surface area contributed by atoms with Gasteiger partial charge in [-0.05, 0) is 6.07 Å². The van der Waals surface area contributed by atoms with E-state index in [1.165, 1.54) is 10.7 Å². The van der Waals surface area contributed by atoms with Gasteiger partial charge in [0.1, 0.15) is 6.54 Å². The highest BCUT2D eigenvalue weighted by Gasteiger charge is 2.09. The van der Waals surface area contributed by atoms with Gasteiger partial charge in [-0.1, -0.05) is 12.1 Å². The third-order valence-corrected chi connectivity index (χ3v) is 1.98. The minimum atomic E-state index is -1.06. The van der Waals surface area contributed by atoms with Crippen molar-refractivity contribution in [1.29, 1.82) is 0 Å². The number of carboxylic acid groups (broad SMARTS) is 1. The zero-order valence-corrected chi connectivity index (χ0v) is 8.62. The van der Waals surface area contributed by atoms with Crippen molar-refractivity contribution in [2.75, 3.05) is 0 Å². The standard InChI is InChI=1S/C9H10N4O3/c1-2-7-10-8(16-12-7)5-13-4-3-6(11-13)9(14)15/h3-4H,2,5H2,1H3,(H,14,15). The number of aromatic carboxylic acids is 1. The molecule has 2 rings (SSSR count). The van der Waals surface area contributed by atoms with Crippen molar-refractivity contribution in [1.82, 2.24) is 19.9 Å². The summed E-state index contributed by atoms with van der Waals surface area (Å²) < 4.78 is 6.40. The molecule has 2 heterocycles. The first-order valence-corrected chi connectivity index (χ1v) is 4.77. The first kappa shape index (κ1) is 10.3. The van der Waals surface area contributed by atoms with Gasteiger partial charge < -0.3 is 9.63 Å². The van der Waals surface area contributed by atoms with Crippen molar-refractivity contribution < 1.29 is 14.4 Å². The molecule has 16 heavy (non-hydrogen) atoms. The Morgan fingerprint density at radius 2 is 2.44 bits per heavy atom. The highest BCUT2D eigenvalue weighted by Crippen LogP contribution is 2.02. The van der Waals surface area contributed by atoms with Gasteiger partial charge in [-0.25, -0.2) is 4.79 Å². The zero-order valence-electron chi connectivity index (χ0n) is 8.62. The molecule has 0 aliphatic carbocycles. The summed E-state index contributed by atoms with van der Waals surface area (Å²) in [5.74, 6) is -0.0176. The number of nitrogens with zero attached hydrogens (tertiary/aromatic N) is 4. The molecule has 0 unspecified atom stereocenters. The molecule has 0 saturated heterocycles. The van der Waals surface area contributed by atoms with Crippen LogP contribution in [0.1, 0.15) is 29.1 Å². The van der Waals surface area contributed by atoms with E-state index in [9.17, 15) is 4.79 Å². The van der Waals surface area contributed by atoms with Crippen molar-refractivity contribution in [2.45, 2.75) is 19.9 Å². The molecular formula is C9H10N4O3. The maximum Gasteiger partial charge on any atom is 0.356 e. The third kappa shape index (κ3) is 2.08. The van der Waals surface area contributed by atoms with E-state index in [1.54, 1.807) is 6.20 Å². The Bertz CT molecular complexity index is 502. The summed E-state index contributed by atoms with van der Waals surface area (Å²) in [6, 6.07) is 1.42. The average molecular weight is 222 g/mol. The predicted octanol–water partition coefficient (Wildman–Crippen LogP) is 0.575.